The first kappa shape index (κ1) is 13.6. The van der Waals surface area contributed by atoms with Crippen molar-refractivity contribution in [3.05, 3.63) is 83.9 Å². The zero-order chi connectivity index (χ0) is 13.9. The topological polar surface area (TPSA) is 0 Å². The highest BCUT2D eigenvalue weighted by molar-refractivity contribution is 9.18. The zero-order valence-corrected chi connectivity index (χ0v) is 13.9. The number of fused-ring (bicyclic) bond motifs is 1. The molecule has 20 heavy (non-hydrogen) atoms. The van der Waals surface area contributed by atoms with Crippen LogP contribution in [-0.2, 0) is 0 Å². The van der Waals surface area contributed by atoms with Gasteiger partial charge in [0.2, 0.25) is 0 Å². The zero-order valence-electron chi connectivity index (χ0n) is 10.7. The van der Waals surface area contributed by atoms with Crippen LogP contribution in [0.2, 0.25) is 0 Å². The van der Waals surface area contributed by atoms with E-state index in [-0.39, 0.29) is 0 Å². The Hall–Kier alpha value is -1.38. The Morgan fingerprint density at radius 3 is 1.90 bits per heavy atom. The van der Waals surface area contributed by atoms with Gasteiger partial charge in [-0.1, -0.05) is 66.7 Å². The van der Waals surface area contributed by atoms with E-state index in [0.29, 0.717) is 0 Å². The van der Waals surface area contributed by atoms with Crippen molar-refractivity contribution >= 4 is 51.6 Å². The predicted molar refractivity (Wildman–Crippen MR) is 95.1 cm³/mol. The summed E-state index contributed by atoms with van der Waals surface area (Å²) in [7, 11) is 0. The third-order valence-corrected chi connectivity index (χ3v) is 5.46. The maximum atomic E-state index is 3.71. The van der Waals surface area contributed by atoms with Crippen LogP contribution in [0.15, 0.2) is 72.8 Å². The Morgan fingerprint density at radius 1 is 0.550 bits per heavy atom. The van der Waals surface area contributed by atoms with E-state index in [4.69, 9.17) is 0 Å². The van der Waals surface area contributed by atoms with Crippen LogP contribution in [0.4, 0.5) is 0 Å². The highest BCUT2D eigenvalue weighted by atomic mass is 79.9. The van der Waals surface area contributed by atoms with Crippen LogP contribution in [0, 0.1) is 0 Å². The highest BCUT2D eigenvalue weighted by Crippen LogP contribution is 2.36. The van der Waals surface area contributed by atoms with Crippen LogP contribution in [-0.4, -0.2) is 0 Å². The van der Waals surface area contributed by atoms with Crippen LogP contribution >= 0.6 is 31.9 Å². The minimum atomic E-state index is 1.06. The molecule has 3 rings (SSSR count). The van der Waals surface area contributed by atoms with E-state index in [9.17, 15) is 0 Å². The second-order valence-electron chi connectivity index (χ2n) is 4.56. The molecule has 0 amide bonds. The van der Waals surface area contributed by atoms with Crippen molar-refractivity contribution in [2.24, 2.45) is 0 Å². The van der Waals surface area contributed by atoms with Gasteiger partial charge in [0.15, 0.2) is 0 Å². The van der Waals surface area contributed by atoms with Crippen LogP contribution in [0.25, 0.3) is 19.7 Å². The van der Waals surface area contributed by atoms with Gasteiger partial charge in [-0.2, -0.15) is 0 Å². The van der Waals surface area contributed by atoms with Gasteiger partial charge in [-0.05, 0) is 59.8 Å². The molecule has 0 atom stereocenters. The van der Waals surface area contributed by atoms with Crippen molar-refractivity contribution in [3.63, 3.8) is 0 Å². The molecule has 3 aromatic carbocycles. The van der Waals surface area contributed by atoms with Gasteiger partial charge in [-0.25, -0.2) is 0 Å². The molecule has 0 unspecified atom stereocenters. The van der Waals surface area contributed by atoms with E-state index >= 15 is 0 Å². The molecule has 0 fully saturated rings. The minimum absolute atomic E-state index is 1.06. The summed E-state index contributed by atoms with van der Waals surface area (Å²) in [6.45, 7) is 0. The monoisotopic (exact) mass is 386 g/mol. The van der Waals surface area contributed by atoms with Gasteiger partial charge in [0.05, 0.1) is 0 Å². The Balaban J connectivity index is 2.10. The molecule has 0 radical (unpaired) electrons. The largest absolute Gasteiger partial charge is 0.0622 e. The molecule has 0 saturated carbocycles. The molecule has 0 aromatic heterocycles. The number of halogens is 2. The van der Waals surface area contributed by atoms with Gasteiger partial charge in [-0.3, -0.25) is 0 Å². The summed E-state index contributed by atoms with van der Waals surface area (Å²) in [6.07, 6.45) is 0. The molecular weight excluding hydrogens is 376 g/mol. The van der Waals surface area contributed by atoms with Crippen LogP contribution < -0.4 is 0 Å². The molecule has 0 spiro atoms. The summed E-state index contributed by atoms with van der Waals surface area (Å²) in [4.78, 5) is 0. The Labute approximate surface area is 135 Å². The number of hydrogen-bond acceptors (Lipinski definition) is 0. The van der Waals surface area contributed by atoms with E-state index < -0.39 is 0 Å². The second kappa shape index (κ2) is 5.94. The van der Waals surface area contributed by atoms with Gasteiger partial charge in [0.25, 0.3) is 0 Å². The lowest BCUT2D eigenvalue weighted by Crippen LogP contribution is -1.82. The Kier molecular flexibility index (Phi) is 4.04. The molecule has 0 aliphatic carbocycles. The molecule has 0 heterocycles. The fourth-order valence-electron chi connectivity index (χ4n) is 2.16. The highest BCUT2D eigenvalue weighted by Gasteiger charge is 2.07. The van der Waals surface area contributed by atoms with E-state index in [2.05, 4.69) is 86.5 Å². The fourth-order valence-corrected chi connectivity index (χ4v) is 3.13. The number of hydrogen-bond donors (Lipinski definition) is 0. The lowest BCUT2D eigenvalue weighted by molar-refractivity contribution is 1.65. The van der Waals surface area contributed by atoms with E-state index in [0.717, 1.165) is 14.5 Å². The van der Waals surface area contributed by atoms with E-state index in [1.54, 1.807) is 0 Å². The SMILES string of the molecule is Br/C(=C(/Br)c1ccc2ccccc2c1)c1ccccc1. The molecule has 98 valence electrons. The summed E-state index contributed by atoms with van der Waals surface area (Å²) in [6, 6.07) is 25.2. The number of benzene rings is 3. The molecule has 0 N–H and O–H groups in total. The molecule has 3 aromatic rings. The lowest BCUT2D eigenvalue weighted by Gasteiger charge is -2.07. The van der Waals surface area contributed by atoms with Crippen molar-refractivity contribution in [1.29, 1.82) is 0 Å². The minimum Gasteiger partial charge on any atom is -0.0622 e. The van der Waals surface area contributed by atoms with Gasteiger partial charge < -0.3 is 0 Å². The third-order valence-electron chi connectivity index (χ3n) is 3.22. The van der Waals surface area contributed by atoms with Crippen LogP contribution in [0.1, 0.15) is 11.1 Å². The molecule has 0 nitrogen and oxygen atoms in total. The number of rotatable bonds is 2. The summed E-state index contributed by atoms with van der Waals surface area (Å²) in [5, 5.41) is 2.50. The van der Waals surface area contributed by atoms with E-state index in [1.165, 1.54) is 16.3 Å². The van der Waals surface area contributed by atoms with E-state index in [1.807, 2.05) is 18.2 Å². The molecule has 0 bridgehead atoms. The standard InChI is InChI=1S/C18H12Br2/c19-17(14-7-2-1-3-8-14)18(20)16-11-10-13-6-4-5-9-15(13)12-16/h1-12H/b18-17+. The first-order valence-corrected chi connectivity index (χ1v) is 7.94. The average molecular weight is 388 g/mol. The first-order chi connectivity index (χ1) is 9.75. The van der Waals surface area contributed by atoms with Crippen molar-refractivity contribution in [2.75, 3.05) is 0 Å². The smallest absolute Gasteiger partial charge is 0.0396 e. The predicted octanol–water partition coefficient (Wildman–Crippen LogP) is 6.46. The van der Waals surface area contributed by atoms with Crippen molar-refractivity contribution in [3.8, 4) is 0 Å². The molecule has 2 heteroatoms. The summed E-state index contributed by atoms with van der Waals surface area (Å²) in [5.74, 6) is 0. The molecular formula is C18H12Br2. The maximum Gasteiger partial charge on any atom is 0.0396 e. The van der Waals surface area contributed by atoms with Crippen LogP contribution in [0.3, 0.4) is 0 Å². The average Bonchev–Trinajstić information content (AvgIpc) is 2.54. The van der Waals surface area contributed by atoms with Crippen LogP contribution in [0.5, 0.6) is 0 Å². The maximum absolute atomic E-state index is 3.71. The van der Waals surface area contributed by atoms with Crippen molar-refractivity contribution < 1.29 is 0 Å². The molecule has 0 aliphatic heterocycles. The summed E-state index contributed by atoms with van der Waals surface area (Å²) in [5.41, 5.74) is 2.33. The van der Waals surface area contributed by atoms with Gasteiger partial charge >= 0.3 is 0 Å². The third kappa shape index (κ3) is 2.72. The van der Waals surface area contributed by atoms with Crippen molar-refractivity contribution in [2.45, 2.75) is 0 Å². The molecule has 0 saturated heterocycles. The summed E-state index contributed by atoms with van der Waals surface area (Å²) < 4.78 is 2.13. The Bertz CT molecular complexity index is 774. The first-order valence-electron chi connectivity index (χ1n) is 6.35. The molecule has 0 aliphatic rings. The van der Waals surface area contributed by atoms with Gasteiger partial charge in [0, 0.05) is 8.96 Å². The van der Waals surface area contributed by atoms with Gasteiger partial charge in [0.1, 0.15) is 0 Å². The lowest BCUT2D eigenvalue weighted by atomic mass is 10.1. The normalized spacial score (nSPS) is 12.3. The quantitative estimate of drug-likeness (QED) is 0.443. The summed E-state index contributed by atoms with van der Waals surface area (Å²) >= 11 is 7.39. The second-order valence-corrected chi connectivity index (χ2v) is 6.14. The Morgan fingerprint density at radius 2 is 1.15 bits per heavy atom. The fraction of sp³-hybridized carbons (Fsp3) is 0. The van der Waals surface area contributed by atoms with Gasteiger partial charge in [-0.15, -0.1) is 0 Å². The van der Waals surface area contributed by atoms with Crippen molar-refractivity contribution in [1.82, 2.24) is 0 Å².